The molecular weight excluding hydrogens is 359 g/mol. The van der Waals surface area contributed by atoms with E-state index in [1.54, 1.807) is 20.8 Å². The number of benzene rings is 1. The van der Waals surface area contributed by atoms with Crippen molar-refractivity contribution in [3.63, 3.8) is 0 Å². The molecule has 1 aromatic rings. The topological polar surface area (TPSA) is 55.4 Å². The molecule has 1 aliphatic rings. The Kier molecular flexibility index (Phi) is 5.82. The van der Waals surface area contributed by atoms with Crippen LogP contribution in [-0.4, -0.2) is 17.5 Å². The summed E-state index contributed by atoms with van der Waals surface area (Å²) in [5.41, 5.74) is 0.00767. The number of nitrogens with one attached hydrogen (secondary N) is 1. The summed E-state index contributed by atoms with van der Waals surface area (Å²) < 4.78 is 43.7. The van der Waals surface area contributed by atoms with Gasteiger partial charge < -0.3 is 10.1 Å². The molecule has 0 saturated carbocycles. The van der Waals surface area contributed by atoms with Crippen LogP contribution < -0.4 is 5.32 Å². The summed E-state index contributed by atoms with van der Waals surface area (Å²) in [4.78, 5) is 23.7. The van der Waals surface area contributed by atoms with E-state index < -0.39 is 29.5 Å². The van der Waals surface area contributed by atoms with Crippen LogP contribution >= 0.6 is 0 Å². The largest absolute Gasteiger partial charge is 0.444 e. The number of ketones is 1. The quantitative estimate of drug-likeness (QED) is 0.788. The van der Waals surface area contributed by atoms with Crippen LogP contribution in [0.15, 0.2) is 48.1 Å². The van der Waals surface area contributed by atoms with Gasteiger partial charge >= 0.3 is 12.3 Å². The van der Waals surface area contributed by atoms with Crippen molar-refractivity contribution in [2.24, 2.45) is 0 Å². The van der Waals surface area contributed by atoms with Crippen molar-refractivity contribution in [3.8, 4) is 0 Å². The molecule has 146 valence electrons. The van der Waals surface area contributed by atoms with Gasteiger partial charge in [0.2, 0.25) is 0 Å². The lowest BCUT2D eigenvalue weighted by Gasteiger charge is -2.26. The summed E-state index contributed by atoms with van der Waals surface area (Å²) in [6, 6.07) is 3.65. The lowest BCUT2D eigenvalue weighted by atomic mass is 9.93. The average Bonchev–Trinajstić information content (AvgIpc) is 2.96. The monoisotopic (exact) mass is 381 g/mol. The maximum atomic E-state index is 12.8. The molecule has 0 aliphatic heterocycles. The van der Waals surface area contributed by atoms with Crippen LogP contribution in [0, 0.1) is 0 Å². The number of hydrogen-bond donors (Lipinski definition) is 1. The van der Waals surface area contributed by atoms with Gasteiger partial charge in [0.05, 0.1) is 11.6 Å². The highest BCUT2D eigenvalue weighted by molar-refractivity contribution is 5.94. The lowest BCUT2D eigenvalue weighted by Crippen LogP contribution is -2.35. The predicted molar refractivity (Wildman–Crippen MR) is 95.0 cm³/mol. The summed E-state index contributed by atoms with van der Waals surface area (Å²) in [5, 5.41) is 2.65. The molecule has 1 unspecified atom stereocenters. The summed E-state index contributed by atoms with van der Waals surface area (Å²) >= 11 is 0. The smallest absolute Gasteiger partial charge is 0.416 e. The number of amides is 1. The SMILES string of the molecule is C=C(C1=CC(=O)CC1)C(NC(=O)OC(C)(C)C)c1ccc(C(F)(F)F)cc1. The van der Waals surface area contributed by atoms with Crippen molar-refractivity contribution in [1.82, 2.24) is 5.32 Å². The van der Waals surface area contributed by atoms with Crippen LogP contribution in [0.5, 0.6) is 0 Å². The number of alkyl halides is 3. The van der Waals surface area contributed by atoms with E-state index in [1.807, 2.05) is 0 Å². The van der Waals surface area contributed by atoms with Crippen molar-refractivity contribution in [2.75, 3.05) is 0 Å². The number of alkyl carbamates (subject to hydrolysis) is 1. The molecule has 0 fully saturated rings. The molecule has 1 atom stereocenters. The van der Waals surface area contributed by atoms with Crippen LogP contribution in [0.25, 0.3) is 0 Å². The van der Waals surface area contributed by atoms with Gasteiger partial charge in [0.25, 0.3) is 0 Å². The second-order valence-corrected chi connectivity index (χ2v) is 7.36. The Bertz CT molecular complexity index is 771. The second-order valence-electron chi connectivity index (χ2n) is 7.36. The Morgan fingerprint density at radius 2 is 1.74 bits per heavy atom. The van der Waals surface area contributed by atoms with Gasteiger partial charge in [-0.05, 0) is 62.1 Å². The normalized spacial score (nSPS) is 15.9. The summed E-state index contributed by atoms with van der Waals surface area (Å²) in [6.07, 6.45) is -2.90. The predicted octanol–water partition coefficient (Wildman–Crippen LogP) is 5.12. The molecule has 27 heavy (non-hydrogen) atoms. The average molecular weight is 381 g/mol. The van der Waals surface area contributed by atoms with E-state index in [9.17, 15) is 22.8 Å². The molecule has 0 spiro atoms. The molecule has 0 saturated heterocycles. The Morgan fingerprint density at radius 1 is 1.15 bits per heavy atom. The minimum absolute atomic E-state index is 0.0467. The third-order valence-electron chi connectivity index (χ3n) is 3.97. The van der Waals surface area contributed by atoms with Gasteiger partial charge in [0, 0.05) is 6.42 Å². The number of rotatable bonds is 4. The molecule has 0 bridgehead atoms. The van der Waals surface area contributed by atoms with Crippen LogP contribution in [0.2, 0.25) is 0 Å². The zero-order chi connectivity index (χ0) is 20.4. The molecule has 1 aromatic carbocycles. The molecule has 2 rings (SSSR count). The Balaban J connectivity index is 2.31. The minimum atomic E-state index is -4.45. The van der Waals surface area contributed by atoms with E-state index in [-0.39, 0.29) is 5.78 Å². The van der Waals surface area contributed by atoms with Gasteiger partial charge in [-0.2, -0.15) is 13.2 Å². The highest BCUT2D eigenvalue weighted by atomic mass is 19.4. The van der Waals surface area contributed by atoms with Crippen LogP contribution in [-0.2, 0) is 15.7 Å². The fraction of sp³-hybridized carbons (Fsp3) is 0.400. The molecule has 1 aliphatic carbocycles. The number of ether oxygens (including phenoxy) is 1. The first-order valence-electron chi connectivity index (χ1n) is 8.46. The van der Waals surface area contributed by atoms with Gasteiger partial charge in [-0.3, -0.25) is 4.79 Å². The number of carbonyl (C=O) groups is 2. The molecule has 7 heteroatoms. The van der Waals surface area contributed by atoms with E-state index in [1.165, 1.54) is 18.2 Å². The highest BCUT2D eigenvalue weighted by Gasteiger charge is 2.31. The maximum Gasteiger partial charge on any atom is 0.416 e. The number of hydrogen-bond acceptors (Lipinski definition) is 3. The molecular formula is C20H22F3NO3. The third kappa shape index (κ3) is 5.70. The van der Waals surface area contributed by atoms with Crippen molar-refractivity contribution < 1.29 is 27.5 Å². The number of halogens is 3. The Labute approximate surface area is 156 Å². The van der Waals surface area contributed by atoms with Crippen LogP contribution in [0.1, 0.15) is 50.8 Å². The lowest BCUT2D eigenvalue weighted by molar-refractivity contribution is -0.137. The molecule has 1 amide bonds. The standard InChI is InChI=1S/C20H22F3NO3/c1-12(14-7-10-16(25)11-14)17(24-18(26)27-19(2,3)4)13-5-8-15(9-6-13)20(21,22)23/h5-6,8-9,11,17H,1,7,10H2,2-4H3,(H,24,26). The summed E-state index contributed by atoms with van der Waals surface area (Å²) in [6.45, 7) is 9.06. The van der Waals surface area contributed by atoms with Crippen LogP contribution in [0.3, 0.4) is 0 Å². The van der Waals surface area contributed by atoms with Crippen LogP contribution in [0.4, 0.5) is 18.0 Å². The zero-order valence-corrected chi connectivity index (χ0v) is 15.4. The Hall–Kier alpha value is -2.57. The molecule has 0 radical (unpaired) electrons. The third-order valence-corrected chi connectivity index (χ3v) is 3.97. The minimum Gasteiger partial charge on any atom is -0.444 e. The van der Waals surface area contributed by atoms with E-state index in [4.69, 9.17) is 4.74 Å². The van der Waals surface area contributed by atoms with E-state index >= 15 is 0 Å². The number of carbonyl (C=O) groups excluding carboxylic acids is 2. The zero-order valence-electron chi connectivity index (χ0n) is 15.4. The number of allylic oxidation sites excluding steroid dienone is 1. The first-order chi connectivity index (χ1) is 12.4. The van der Waals surface area contributed by atoms with Gasteiger partial charge in [-0.25, -0.2) is 4.79 Å². The first kappa shape index (κ1) is 20.7. The summed E-state index contributed by atoms with van der Waals surface area (Å²) in [7, 11) is 0. The summed E-state index contributed by atoms with van der Waals surface area (Å²) in [5.74, 6) is -0.0467. The van der Waals surface area contributed by atoms with Gasteiger partial charge in [-0.15, -0.1) is 0 Å². The van der Waals surface area contributed by atoms with Crippen molar-refractivity contribution >= 4 is 11.9 Å². The first-order valence-corrected chi connectivity index (χ1v) is 8.46. The van der Waals surface area contributed by atoms with E-state index in [0.29, 0.717) is 29.6 Å². The molecule has 0 heterocycles. The maximum absolute atomic E-state index is 12.8. The fourth-order valence-electron chi connectivity index (χ4n) is 2.70. The van der Waals surface area contributed by atoms with Crippen molar-refractivity contribution in [1.29, 1.82) is 0 Å². The highest BCUT2D eigenvalue weighted by Crippen LogP contribution is 2.34. The van der Waals surface area contributed by atoms with E-state index in [2.05, 4.69) is 11.9 Å². The Morgan fingerprint density at radius 3 is 2.19 bits per heavy atom. The fourth-order valence-corrected chi connectivity index (χ4v) is 2.70. The van der Waals surface area contributed by atoms with E-state index in [0.717, 1.165) is 12.1 Å². The second kappa shape index (κ2) is 7.58. The van der Waals surface area contributed by atoms with Gasteiger partial charge in [0.1, 0.15) is 5.60 Å². The molecule has 0 aromatic heterocycles. The van der Waals surface area contributed by atoms with Crippen molar-refractivity contribution in [2.45, 2.75) is 51.4 Å². The van der Waals surface area contributed by atoms with Gasteiger partial charge in [0.15, 0.2) is 5.78 Å². The van der Waals surface area contributed by atoms with Crippen molar-refractivity contribution in [3.05, 3.63) is 59.2 Å². The van der Waals surface area contributed by atoms with Gasteiger partial charge in [-0.1, -0.05) is 18.7 Å². The molecule has 4 nitrogen and oxygen atoms in total. The molecule has 1 N–H and O–H groups in total.